The zero-order valence-corrected chi connectivity index (χ0v) is 12.1. The molecule has 1 aromatic carbocycles. The molecule has 0 saturated carbocycles. The predicted octanol–water partition coefficient (Wildman–Crippen LogP) is 3.85. The number of nitriles is 1. The fourth-order valence-corrected chi connectivity index (χ4v) is 2.10. The highest BCUT2D eigenvalue weighted by Crippen LogP contribution is 2.28. The van der Waals surface area contributed by atoms with Crippen LogP contribution in [0.5, 0.6) is 0 Å². The lowest BCUT2D eigenvalue weighted by molar-refractivity contribution is 1.32. The van der Waals surface area contributed by atoms with Crippen molar-refractivity contribution in [3.63, 3.8) is 0 Å². The Morgan fingerprint density at radius 3 is 2.47 bits per heavy atom. The second-order valence-corrected chi connectivity index (χ2v) is 5.03. The van der Waals surface area contributed by atoms with E-state index in [1.807, 2.05) is 0 Å². The summed E-state index contributed by atoms with van der Waals surface area (Å²) in [6.07, 6.45) is 3.25. The van der Waals surface area contributed by atoms with Gasteiger partial charge in [-0.25, -0.2) is 0 Å². The van der Waals surface area contributed by atoms with Crippen LogP contribution in [-0.2, 0) is 0 Å². The fraction of sp³-hybridized carbons (Fsp3) is 0. The first kappa shape index (κ1) is 13.6. The van der Waals surface area contributed by atoms with Gasteiger partial charge in [-0.2, -0.15) is 5.26 Å². The van der Waals surface area contributed by atoms with E-state index in [-0.39, 0.29) is 0 Å². The minimum Gasteiger partial charge on any atom is -0.397 e. The normalized spacial score (nSPS) is 11.6. The van der Waals surface area contributed by atoms with Crippen LogP contribution < -0.4 is 5.73 Å². The molecule has 0 fully saturated rings. The molecular weight excluding hydrogens is 326 g/mol. The molecular formula is C14H9BrClN3. The third kappa shape index (κ3) is 2.95. The maximum Gasteiger partial charge on any atom is 0.102 e. The smallest absolute Gasteiger partial charge is 0.102 e. The topological polar surface area (TPSA) is 62.7 Å². The summed E-state index contributed by atoms with van der Waals surface area (Å²) < 4.78 is 0.738. The van der Waals surface area contributed by atoms with Crippen molar-refractivity contribution in [3.05, 3.63) is 63.3 Å². The third-order valence-corrected chi connectivity index (χ3v) is 3.79. The minimum atomic E-state index is 0.408. The van der Waals surface area contributed by atoms with E-state index < -0.39 is 0 Å². The number of aromatic nitrogens is 1. The van der Waals surface area contributed by atoms with Gasteiger partial charge in [0.1, 0.15) is 6.07 Å². The van der Waals surface area contributed by atoms with Gasteiger partial charge in [0.05, 0.1) is 16.3 Å². The van der Waals surface area contributed by atoms with E-state index in [0.717, 1.165) is 15.6 Å². The summed E-state index contributed by atoms with van der Waals surface area (Å²) in [6.45, 7) is 0. The highest BCUT2D eigenvalue weighted by Gasteiger charge is 2.09. The van der Waals surface area contributed by atoms with Gasteiger partial charge in [-0.3, -0.25) is 4.98 Å². The standard InChI is InChI=1S/C14H9BrClN3/c15-12-7-10(1-2-13(12)16)14(18)11(8-17)9-3-5-19-6-4-9/h1-7H,18H2/b14-11-. The highest BCUT2D eigenvalue weighted by molar-refractivity contribution is 9.10. The van der Waals surface area contributed by atoms with Gasteiger partial charge in [-0.1, -0.05) is 17.7 Å². The number of nitrogens with zero attached hydrogens (tertiary/aromatic N) is 2. The summed E-state index contributed by atoms with van der Waals surface area (Å²) in [5, 5.41) is 9.89. The summed E-state index contributed by atoms with van der Waals surface area (Å²) in [6, 6.07) is 10.9. The molecule has 0 aliphatic carbocycles. The summed E-state index contributed by atoms with van der Waals surface area (Å²) in [4.78, 5) is 3.92. The SMILES string of the molecule is N#C/C(=C(/N)c1ccc(Cl)c(Br)c1)c1ccncc1. The predicted molar refractivity (Wildman–Crippen MR) is 80.0 cm³/mol. The van der Waals surface area contributed by atoms with Crippen molar-refractivity contribution in [2.75, 3.05) is 0 Å². The van der Waals surface area contributed by atoms with E-state index in [2.05, 4.69) is 27.0 Å². The van der Waals surface area contributed by atoms with Crippen molar-refractivity contribution in [2.24, 2.45) is 5.73 Å². The van der Waals surface area contributed by atoms with Gasteiger partial charge in [0.2, 0.25) is 0 Å². The van der Waals surface area contributed by atoms with Crippen LogP contribution in [-0.4, -0.2) is 4.98 Å². The first-order valence-corrected chi connectivity index (χ1v) is 6.56. The maximum atomic E-state index is 9.29. The number of halogens is 2. The van der Waals surface area contributed by atoms with Crippen LogP contribution in [0.3, 0.4) is 0 Å². The first-order valence-electron chi connectivity index (χ1n) is 5.39. The summed E-state index contributed by atoms with van der Waals surface area (Å²) in [5.74, 6) is 0. The average molecular weight is 335 g/mol. The van der Waals surface area contributed by atoms with Gasteiger partial charge in [-0.15, -0.1) is 0 Å². The van der Waals surface area contributed by atoms with Crippen LogP contribution in [0.25, 0.3) is 11.3 Å². The second kappa shape index (κ2) is 5.87. The number of rotatable bonds is 2. The third-order valence-electron chi connectivity index (χ3n) is 2.58. The Morgan fingerprint density at radius 2 is 1.89 bits per heavy atom. The fourth-order valence-electron chi connectivity index (χ4n) is 1.61. The number of benzene rings is 1. The van der Waals surface area contributed by atoms with Gasteiger partial charge in [-0.05, 0) is 51.3 Å². The van der Waals surface area contributed by atoms with Gasteiger partial charge < -0.3 is 5.73 Å². The summed E-state index contributed by atoms with van der Waals surface area (Å²) in [5.41, 5.74) is 8.37. The van der Waals surface area contributed by atoms with Crippen LogP contribution in [0.4, 0.5) is 0 Å². The molecule has 0 atom stereocenters. The molecule has 0 bridgehead atoms. The van der Waals surface area contributed by atoms with Gasteiger partial charge >= 0.3 is 0 Å². The Labute approximate surface area is 124 Å². The zero-order valence-electron chi connectivity index (χ0n) is 9.77. The number of allylic oxidation sites excluding steroid dienone is 1. The van der Waals surface area contributed by atoms with Crippen LogP contribution in [0.15, 0.2) is 47.2 Å². The molecule has 5 heteroatoms. The summed E-state index contributed by atoms with van der Waals surface area (Å²) >= 11 is 9.28. The molecule has 0 saturated heterocycles. The largest absolute Gasteiger partial charge is 0.397 e. The molecule has 1 aromatic heterocycles. The number of hydrogen-bond donors (Lipinski definition) is 1. The average Bonchev–Trinajstić information content (AvgIpc) is 2.44. The van der Waals surface area contributed by atoms with Gasteiger partial charge in [0, 0.05) is 16.9 Å². The minimum absolute atomic E-state index is 0.408. The molecule has 0 radical (unpaired) electrons. The van der Waals surface area contributed by atoms with E-state index in [9.17, 15) is 5.26 Å². The van der Waals surface area contributed by atoms with Crippen molar-refractivity contribution < 1.29 is 0 Å². The van der Waals surface area contributed by atoms with E-state index in [1.54, 1.807) is 42.7 Å². The molecule has 0 amide bonds. The van der Waals surface area contributed by atoms with Crippen LogP contribution in [0, 0.1) is 11.3 Å². The number of hydrogen-bond acceptors (Lipinski definition) is 3. The maximum absolute atomic E-state index is 9.29. The zero-order chi connectivity index (χ0) is 13.8. The molecule has 94 valence electrons. The van der Waals surface area contributed by atoms with Crippen molar-refractivity contribution >= 4 is 38.8 Å². The molecule has 2 N–H and O–H groups in total. The number of pyridine rings is 1. The molecule has 19 heavy (non-hydrogen) atoms. The van der Waals surface area contributed by atoms with Crippen molar-refractivity contribution in [2.45, 2.75) is 0 Å². The quantitative estimate of drug-likeness (QED) is 0.849. The number of nitrogens with two attached hydrogens (primary N) is 1. The molecule has 1 heterocycles. The Morgan fingerprint density at radius 1 is 1.21 bits per heavy atom. The first-order chi connectivity index (χ1) is 9.13. The lowest BCUT2D eigenvalue weighted by Crippen LogP contribution is -2.01. The lowest BCUT2D eigenvalue weighted by atomic mass is 10.0. The molecule has 0 spiro atoms. The Hall–Kier alpha value is -1.83. The van der Waals surface area contributed by atoms with Gasteiger partial charge in [0.25, 0.3) is 0 Å². The van der Waals surface area contributed by atoms with E-state index >= 15 is 0 Å². The molecule has 2 rings (SSSR count). The molecule has 0 unspecified atom stereocenters. The Balaban J connectivity index is 2.56. The Bertz CT molecular complexity index is 675. The van der Waals surface area contributed by atoms with E-state index in [0.29, 0.717) is 16.3 Å². The van der Waals surface area contributed by atoms with Crippen LogP contribution in [0.1, 0.15) is 11.1 Å². The van der Waals surface area contributed by atoms with Gasteiger partial charge in [0.15, 0.2) is 0 Å². The Kier molecular flexibility index (Phi) is 4.20. The van der Waals surface area contributed by atoms with Crippen molar-refractivity contribution in [1.29, 1.82) is 5.26 Å². The highest BCUT2D eigenvalue weighted by atomic mass is 79.9. The molecule has 0 aliphatic rings. The van der Waals surface area contributed by atoms with E-state index in [4.69, 9.17) is 17.3 Å². The van der Waals surface area contributed by atoms with Crippen LogP contribution in [0.2, 0.25) is 5.02 Å². The molecule has 0 aliphatic heterocycles. The van der Waals surface area contributed by atoms with Crippen molar-refractivity contribution in [1.82, 2.24) is 4.98 Å². The summed E-state index contributed by atoms with van der Waals surface area (Å²) in [7, 11) is 0. The monoisotopic (exact) mass is 333 g/mol. The molecule has 2 aromatic rings. The lowest BCUT2D eigenvalue weighted by Gasteiger charge is -2.07. The van der Waals surface area contributed by atoms with E-state index in [1.165, 1.54) is 0 Å². The van der Waals surface area contributed by atoms with Crippen molar-refractivity contribution in [3.8, 4) is 6.07 Å². The second-order valence-electron chi connectivity index (χ2n) is 3.77. The molecule has 3 nitrogen and oxygen atoms in total. The van der Waals surface area contributed by atoms with Crippen LogP contribution >= 0.6 is 27.5 Å².